The fraction of sp³-hybridized carbons (Fsp3) is 0.250. The van der Waals surface area contributed by atoms with E-state index in [2.05, 4.69) is 11.9 Å². The first-order chi connectivity index (χ1) is 8.07. The van der Waals surface area contributed by atoms with Gasteiger partial charge in [-0.3, -0.25) is 14.9 Å². The normalized spacial score (nSPS) is 9.71. The summed E-state index contributed by atoms with van der Waals surface area (Å²) in [6, 6.07) is 4.47. The van der Waals surface area contributed by atoms with Gasteiger partial charge in [0.2, 0.25) is 0 Å². The van der Waals surface area contributed by atoms with Crippen LogP contribution in [0, 0.1) is 17.0 Å². The third kappa shape index (κ3) is 3.14. The minimum absolute atomic E-state index is 0.0404. The van der Waals surface area contributed by atoms with Gasteiger partial charge in [-0.2, -0.15) is 0 Å². The Balaban J connectivity index is 2.90. The molecule has 0 aliphatic heterocycles. The van der Waals surface area contributed by atoms with Gasteiger partial charge in [-0.25, -0.2) is 0 Å². The number of nitrogens with one attached hydrogen (secondary N) is 1. The molecule has 0 saturated carbocycles. The van der Waals surface area contributed by atoms with E-state index in [1.54, 1.807) is 19.1 Å². The highest BCUT2D eigenvalue weighted by atomic mass is 16.6. The van der Waals surface area contributed by atoms with Crippen molar-refractivity contribution in [2.75, 3.05) is 6.54 Å². The predicted octanol–water partition coefficient (Wildman–Crippen LogP) is 2.21. The van der Waals surface area contributed by atoms with Crippen LogP contribution in [0.4, 0.5) is 5.69 Å². The number of carbonyl (C=O) groups is 1. The molecule has 0 spiro atoms. The summed E-state index contributed by atoms with van der Waals surface area (Å²) in [6.45, 7) is 5.59. The highest BCUT2D eigenvalue weighted by Gasteiger charge is 2.17. The average molecular weight is 234 g/mol. The number of amides is 1. The third-order valence-corrected chi connectivity index (χ3v) is 2.38. The van der Waals surface area contributed by atoms with E-state index < -0.39 is 4.92 Å². The fourth-order valence-corrected chi connectivity index (χ4v) is 1.45. The molecule has 17 heavy (non-hydrogen) atoms. The molecule has 1 aromatic carbocycles. The summed E-state index contributed by atoms with van der Waals surface area (Å²) in [6.07, 6.45) is 2.36. The molecule has 0 aliphatic carbocycles. The topological polar surface area (TPSA) is 72.2 Å². The predicted molar refractivity (Wildman–Crippen MR) is 65.0 cm³/mol. The molecule has 0 radical (unpaired) electrons. The lowest BCUT2D eigenvalue weighted by Gasteiger charge is -2.06. The molecule has 0 saturated heterocycles. The van der Waals surface area contributed by atoms with Gasteiger partial charge in [0.15, 0.2) is 0 Å². The summed E-state index contributed by atoms with van der Waals surface area (Å²) in [5.74, 6) is -0.298. The van der Waals surface area contributed by atoms with Gasteiger partial charge in [0, 0.05) is 23.7 Å². The van der Waals surface area contributed by atoms with Crippen molar-refractivity contribution in [2.45, 2.75) is 13.3 Å². The minimum atomic E-state index is -0.490. The number of rotatable bonds is 5. The second kappa shape index (κ2) is 5.79. The minimum Gasteiger partial charge on any atom is -0.352 e. The van der Waals surface area contributed by atoms with Crippen molar-refractivity contribution in [3.8, 4) is 0 Å². The lowest BCUT2D eigenvalue weighted by atomic mass is 10.1. The molecule has 1 aromatic rings. The maximum atomic E-state index is 11.7. The smallest absolute Gasteiger partial charge is 0.273 e. The number of carbonyl (C=O) groups excluding carboxylic acids is 1. The Morgan fingerprint density at radius 1 is 1.59 bits per heavy atom. The lowest BCUT2D eigenvalue weighted by Crippen LogP contribution is -2.25. The third-order valence-electron chi connectivity index (χ3n) is 2.38. The SMILES string of the molecule is C=CCCNC(=O)c1cccc([N+](=O)[O-])c1C. The van der Waals surface area contributed by atoms with Gasteiger partial charge in [-0.05, 0) is 19.4 Å². The zero-order chi connectivity index (χ0) is 12.8. The van der Waals surface area contributed by atoms with Gasteiger partial charge in [0.05, 0.1) is 4.92 Å². The monoisotopic (exact) mass is 234 g/mol. The molecule has 0 heterocycles. The van der Waals surface area contributed by atoms with E-state index in [-0.39, 0.29) is 11.6 Å². The summed E-state index contributed by atoms with van der Waals surface area (Å²) >= 11 is 0. The van der Waals surface area contributed by atoms with Gasteiger partial charge in [0.1, 0.15) is 0 Å². The molecule has 0 unspecified atom stereocenters. The van der Waals surface area contributed by atoms with E-state index >= 15 is 0 Å². The van der Waals surface area contributed by atoms with Crippen LogP contribution in [0.3, 0.4) is 0 Å². The van der Waals surface area contributed by atoms with Crippen LogP contribution in [0.2, 0.25) is 0 Å². The first-order valence-corrected chi connectivity index (χ1v) is 5.21. The van der Waals surface area contributed by atoms with Gasteiger partial charge in [-0.1, -0.05) is 12.1 Å². The van der Waals surface area contributed by atoms with Crippen LogP contribution in [0.5, 0.6) is 0 Å². The lowest BCUT2D eigenvalue weighted by molar-refractivity contribution is -0.385. The highest BCUT2D eigenvalue weighted by Crippen LogP contribution is 2.20. The Hall–Kier alpha value is -2.17. The van der Waals surface area contributed by atoms with Crippen LogP contribution >= 0.6 is 0 Å². The number of hydrogen-bond acceptors (Lipinski definition) is 3. The van der Waals surface area contributed by atoms with Crippen LogP contribution in [0.1, 0.15) is 22.3 Å². The molecule has 1 amide bonds. The van der Waals surface area contributed by atoms with E-state index in [4.69, 9.17) is 0 Å². The summed E-state index contributed by atoms with van der Waals surface area (Å²) in [4.78, 5) is 22.0. The van der Waals surface area contributed by atoms with Crippen molar-refractivity contribution >= 4 is 11.6 Å². The quantitative estimate of drug-likeness (QED) is 0.367. The van der Waals surface area contributed by atoms with E-state index in [0.29, 0.717) is 24.1 Å². The van der Waals surface area contributed by atoms with Crippen molar-refractivity contribution in [1.82, 2.24) is 5.32 Å². The van der Waals surface area contributed by atoms with Gasteiger partial charge in [-0.15, -0.1) is 6.58 Å². The fourth-order valence-electron chi connectivity index (χ4n) is 1.45. The molecule has 5 nitrogen and oxygen atoms in total. The van der Waals surface area contributed by atoms with Crippen LogP contribution in [-0.2, 0) is 0 Å². The molecule has 0 aliphatic rings. The van der Waals surface area contributed by atoms with E-state index in [1.165, 1.54) is 12.1 Å². The zero-order valence-electron chi connectivity index (χ0n) is 9.60. The summed E-state index contributed by atoms with van der Waals surface area (Å²) in [5.41, 5.74) is 0.679. The molecular formula is C12H14N2O3. The Bertz CT molecular complexity index is 455. The molecule has 1 rings (SSSR count). The van der Waals surface area contributed by atoms with E-state index in [0.717, 1.165) is 0 Å². The molecule has 1 N–H and O–H groups in total. The first kappa shape index (κ1) is 12.9. The van der Waals surface area contributed by atoms with Crippen LogP contribution in [0.15, 0.2) is 30.9 Å². The van der Waals surface area contributed by atoms with Crippen molar-refractivity contribution in [1.29, 1.82) is 0 Å². The highest BCUT2D eigenvalue weighted by molar-refractivity contribution is 5.96. The molecule has 5 heteroatoms. The van der Waals surface area contributed by atoms with Crippen molar-refractivity contribution in [3.63, 3.8) is 0 Å². The van der Waals surface area contributed by atoms with Crippen LogP contribution in [0.25, 0.3) is 0 Å². The van der Waals surface area contributed by atoms with Crippen LogP contribution < -0.4 is 5.32 Å². The number of hydrogen-bond donors (Lipinski definition) is 1. The van der Waals surface area contributed by atoms with Crippen LogP contribution in [-0.4, -0.2) is 17.4 Å². The summed E-state index contributed by atoms with van der Waals surface area (Å²) in [7, 11) is 0. The van der Waals surface area contributed by atoms with Gasteiger partial charge < -0.3 is 5.32 Å². The van der Waals surface area contributed by atoms with Gasteiger partial charge >= 0.3 is 0 Å². The number of nitrogens with zero attached hydrogens (tertiary/aromatic N) is 1. The number of nitro benzene ring substituents is 1. The Morgan fingerprint density at radius 3 is 2.88 bits per heavy atom. The number of benzene rings is 1. The van der Waals surface area contributed by atoms with Crippen molar-refractivity contribution in [3.05, 3.63) is 52.1 Å². The molecule has 0 atom stereocenters. The standard InChI is InChI=1S/C12H14N2O3/c1-3-4-8-13-12(15)10-6-5-7-11(9(10)2)14(16)17/h3,5-7H,1,4,8H2,2H3,(H,13,15). The average Bonchev–Trinajstić information content (AvgIpc) is 2.29. The summed E-state index contributed by atoms with van der Waals surface area (Å²) < 4.78 is 0. The second-order valence-corrected chi connectivity index (χ2v) is 3.54. The van der Waals surface area contributed by atoms with Crippen molar-refractivity contribution in [2.24, 2.45) is 0 Å². The molecule has 90 valence electrons. The number of nitro groups is 1. The molecule has 0 aromatic heterocycles. The molecule has 0 fully saturated rings. The maximum Gasteiger partial charge on any atom is 0.273 e. The Morgan fingerprint density at radius 2 is 2.29 bits per heavy atom. The Kier molecular flexibility index (Phi) is 4.39. The van der Waals surface area contributed by atoms with Gasteiger partial charge in [0.25, 0.3) is 11.6 Å². The van der Waals surface area contributed by atoms with Crippen molar-refractivity contribution < 1.29 is 9.72 Å². The second-order valence-electron chi connectivity index (χ2n) is 3.54. The molecular weight excluding hydrogens is 220 g/mol. The summed E-state index contributed by atoms with van der Waals surface area (Å²) in [5, 5.41) is 13.4. The largest absolute Gasteiger partial charge is 0.352 e. The van der Waals surface area contributed by atoms with E-state index in [9.17, 15) is 14.9 Å². The maximum absolute atomic E-state index is 11.7. The molecule has 0 bridgehead atoms. The zero-order valence-corrected chi connectivity index (χ0v) is 9.60. The van der Waals surface area contributed by atoms with E-state index in [1.807, 2.05) is 0 Å². The first-order valence-electron chi connectivity index (χ1n) is 5.21. The Labute approximate surface area is 99.3 Å².